The molecule has 7 heteroatoms. The van der Waals surface area contributed by atoms with Gasteiger partial charge in [-0.1, -0.05) is 66.4 Å². The molecule has 2 heterocycles. The van der Waals surface area contributed by atoms with Gasteiger partial charge in [0.1, 0.15) is 15.8 Å². The molecule has 0 bridgehead atoms. The lowest BCUT2D eigenvalue weighted by Crippen LogP contribution is -2.27. The number of ether oxygens (including phenoxy) is 1. The molecular weight excluding hydrogens is 418 g/mol. The predicted octanol–water partition coefficient (Wildman–Crippen LogP) is 5.13. The van der Waals surface area contributed by atoms with Crippen molar-refractivity contribution in [2.24, 2.45) is 0 Å². The molecule has 150 valence electrons. The molecule has 1 aliphatic heterocycles. The van der Waals surface area contributed by atoms with Crippen LogP contribution < -0.4 is 0 Å². The van der Waals surface area contributed by atoms with E-state index in [2.05, 4.69) is 0 Å². The van der Waals surface area contributed by atoms with Crippen LogP contribution in [0.5, 0.6) is 0 Å². The Morgan fingerprint density at radius 3 is 2.53 bits per heavy atom. The molecule has 30 heavy (non-hydrogen) atoms. The summed E-state index contributed by atoms with van der Waals surface area (Å²) >= 11 is 6.66. The molecule has 0 saturated carbocycles. The highest BCUT2D eigenvalue weighted by atomic mass is 32.2. The zero-order chi connectivity index (χ0) is 21.1. The van der Waals surface area contributed by atoms with Gasteiger partial charge in [-0.3, -0.25) is 9.69 Å². The maximum atomic E-state index is 12.8. The largest absolute Gasteiger partial charge is 0.465 e. The Morgan fingerprint density at radius 2 is 1.83 bits per heavy atom. The van der Waals surface area contributed by atoms with Crippen molar-refractivity contribution >= 4 is 46.3 Å². The number of furan rings is 1. The first-order valence-corrected chi connectivity index (χ1v) is 10.4. The number of thiocarbonyl (C=S) groups is 1. The van der Waals surface area contributed by atoms with Gasteiger partial charge < -0.3 is 9.15 Å². The maximum Gasteiger partial charge on any atom is 0.337 e. The van der Waals surface area contributed by atoms with Crippen molar-refractivity contribution in [2.45, 2.75) is 6.54 Å². The van der Waals surface area contributed by atoms with Crippen LogP contribution in [0, 0.1) is 0 Å². The van der Waals surface area contributed by atoms with Crippen molar-refractivity contribution in [3.8, 4) is 11.3 Å². The molecule has 1 amide bonds. The van der Waals surface area contributed by atoms with Crippen LogP contribution in [0.3, 0.4) is 0 Å². The molecule has 0 radical (unpaired) electrons. The molecule has 4 rings (SSSR count). The van der Waals surface area contributed by atoms with E-state index in [1.807, 2.05) is 36.4 Å². The van der Waals surface area contributed by atoms with Crippen LogP contribution in [0.2, 0.25) is 0 Å². The molecule has 1 saturated heterocycles. The Hall–Kier alpha value is -3.16. The van der Waals surface area contributed by atoms with Crippen LogP contribution in [-0.2, 0) is 16.1 Å². The van der Waals surface area contributed by atoms with E-state index in [4.69, 9.17) is 21.4 Å². The third-order valence-electron chi connectivity index (χ3n) is 4.55. The minimum absolute atomic E-state index is 0.130. The lowest BCUT2D eigenvalue weighted by Gasteiger charge is -2.14. The van der Waals surface area contributed by atoms with Gasteiger partial charge in [-0.05, 0) is 29.8 Å². The third kappa shape index (κ3) is 4.22. The zero-order valence-electron chi connectivity index (χ0n) is 16.0. The van der Waals surface area contributed by atoms with Gasteiger partial charge in [-0.15, -0.1) is 0 Å². The summed E-state index contributed by atoms with van der Waals surface area (Å²) < 4.78 is 11.1. The highest BCUT2D eigenvalue weighted by Crippen LogP contribution is 2.34. The Morgan fingerprint density at radius 1 is 1.10 bits per heavy atom. The lowest BCUT2D eigenvalue weighted by molar-refractivity contribution is -0.122. The minimum atomic E-state index is -0.390. The van der Waals surface area contributed by atoms with Gasteiger partial charge in [-0.2, -0.15) is 0 Å². The van der Waals surface area contributed by atoms with Gasteiger partial charge in [0.25, 0.3) is 5.91 Å². The number of carbonyl (C=O) groups is 2. The number of nitrogens with zero attached hydrogens (tertiary/aromatic N) is 1. The number of esters is 1. The average Bonchev–Trinajstić information content (AvgIpc) is 3.34. The Labute approximate surface area is 183 Å². The van der Waals surface area contributed by atoms with E-state index in [1.54, 1.807) is 41.3 Å². The number of hydrogen-bond acceptors (Lipinski definition) is 6. The van der Waals surface area contributed by atoms with E-state index in [0.29, 0.717) is 32.9 Å². The third-order valence-corrected chi connectivity index (χ3v) is 5.93. The van der Waals surface area contributed by atoms with Crippen molar-refractivity contribution < 1.29 is 18.7 Å². The first-order chi connectivity index (χ1) is 14.5. The number of rotatable bonds is 5. The molecule has 2 aromatic carbocycles. The summed E-state index contributed by atoms with van der Waals surface area (Å²) in [6.07, 6.45) is 1.70. The van der Waals surface area contributed by atoms with E-state index in [0.717, 1.165) is 11.1 Å². The fraction of sp³-hybridized carbons (Fsp3) is 0.0870. The second-order valence-corrected chi connectivity index (χ2v) is 8.20. The number of thioether (sulfide) groups is 1. The lowest BCUT2D eigenvalue weighted by atomic mass is 10.1. The molecule has 0 aliphatic carbocycles. The van der Waals surface area contributed by atoms with Crippen molar-refractivity contribution in [3.05, 3.63) is 88.5 Å². The monoisotopic (exact) mass is 435 g/mol. The first-order valence-electron chi connectivity index (χ1n) is 9.13. The Kier molecular flexibility index (Phi) is 5.83. The smallest absolute Gasteiger partial charge is 0.337 e. The highest BCUT2D eigenvalue weighted by Gasteiger charge is 2.32. The number of carbonyl (C=O) groups excluding carboxylic acids is 2. The molecule has 0 unspecified atom stereocenters. The standard InChI is InChI=1S/C23H17NO4S2/c1-27-22(26)17-9-7-16(8-10-17)19-12-11-18(28-19)13-20-21(25)24(23(29)30-20)14-15-5-3-2-4-6-15/h2-13H,14H2,1H3/b20-13+. The van der Waals surface area contributed by atoms with Gasteiger partial charge in [0.15, 0.2) is 0 Å². The topological polar surface area (TPSA) is 59.8 Å². The van der Waals surface area contributed by atoms with Crippen molar-refractivity contribution in [1.29, 1.82) is 0 Å². The summed E-state index contributed by atoms with van der Waals surface area (Å²) in [6.45, 7) is 0.443. The molecule has 1 aromatic heterocycles. The number of methoxy groups -OCH3 is 1. The highest BCUT2D eigenvalue weighted by molar-refractivity contribution is 8.26. The van der Waals surface area contributed by atoms with Crippen LogP contribution in [0.4, 0.5) is 0 Å². The molecular formula is C23H17NO4S2. The van der Waals surface area contributed by atoms with Crippen LogP contribution in [0.25, 0.3) is 17.4 Å². The summed E-state index contributed by atoms with van der Waals surface area (Å²) in [5.74, 6) is 0.674. The summed E-state index contributed by atoms with van der Waals surface area (Å²) in [5, 5.41) is 0. The van der Waals surface area contributed by atoms with E-state index in [-0.39, 0.29) is 11.9 Å². The SMILES string of the molecule is COC(=O)c1ccc(-c2ccc(/C=C3/SC(=S)N(Cc4ccccc4)C3=O)o2)cc1. The summed E-state index contributed by atoms with van der Waals surface area (Å²) in [6, 6.07) is 20.3. The second-order valence-electron chi connectivity index (χ2n) is 6.52. The van der Waals surface area contributed by atoms with Gasteiger partial charge in [-0.25, -0.2) is 4.79 Å². The predicted molar refractivity (Wildman–Crippen MR) is 121 cm³/mol. The van der Waals surface area contributed by atoms with Gasteiger partial charge >= 0.3 is 5.97 Å². The van der Waals surface area contributed by atoms with Crippen LogP contribution in [0.1, 0.15) is 21.7 Å². The van der Waals surface area contributed by atoms with Crippen LogP contribution >= 0.6 is 24.0 Å². The number of benzene rings is 2. The van der Waals surface area contributed by atoms with E-state index < -0.39 is 0 Å². The zero-order valence-corrected chi connectivity index (χ0v) is 17.7. The van der Waals surface area contributed by atoms with E-state index in [1.165, 1.54) is 18.9 Å². The molecule has 1 aliphatic rings. The molecule has 1 fully saturated rings. The Bertz CT molecular complexity index is 1130. The number of amides is 1. The Balaban J connectivity index is 1.50. The van der Waals surface area contributed by atoms with Crippen molar-refractivity contribution in [2.75, 3.05) is 7.11 Å². The average molecular weight is 436 g/mol. The first kappa shape index (κ1) is 20.1. The van der Waals surface area contributed by atoms with Crippen molar-refractivity contribution in [1.82, 2.24) is 4.90 Å². The van der Waals surface area contributed by atoms with Crippen LogP contribution in [0.15, 0.2) is 76.1 Å². The van der Waals surface area contributed by atoms with Gasteiger partial charge in [0.2, 0.25) is 0 Å². The fourth-order valence-electron chi connectivity index (χ4n) is 3.01. The summed E-state index contributed by atoms with van der Waals surface area (Å²) in [7, 11) is 1.34. The number of hydrogen-bond donors (Lipinski definition) is 0. The van der Waals surface area contributed by atoms with Gasteiger partial charge in [0.05, 0.1) is 24.1 Å². The van der Waals surface area contributed by atoms with E-state index >= 15 is 0 Å². The fourth-order valence-corrected chi connectivity index (χ4v) is 4.24. The van der Waals surface area contributed by atoms with Crippen LogP contribution in [-0.4, -0.2) is 28.2 Å². The minimum Gasteiger partial charge on any atom is -0.465 e. The summed E-state index contributed by atoms with van der Waals surface area (Å²) in [4.78, 5) is 26.5. The molecule has 0 spiro atoms. The molecule has 3 aromatic rings. The molecule has 5 nitrogen and oxygen atoms in total. The van der Waals surface area contributed by atoms with Gasteiger partial charge in [0, 0.05) is 11.6 Å². The normalized spacial score (nSPS) is 15.1. The molecule has 0 N–H and O–H groups in total. The molecule has 0 atom stereocenters. The summed E-state index contributed by atoms with van der Waals surface area (Å²) in [5.41, 5.74) is 2.31. The maximum absolute atomic E-state index is 12.8. The second kappa shape index (κ2) is 8.69. The quantitative estimate of drug-likeness (QED) is 0.314. The van der Waals surface area contributed by atoms with Crippen molar-refractivity contribution in [3.63, 3.8) is 0 Å². The van der Waals surface area contributed by atoms with E-state index in [9.17, 15) is 9.59 Å².